The zero-order valence-electron chi connectivity index (χ0n) is 10.3. The fourth-order valence-electron chi connectivity index (χ4n) is 1.49. The number of nitrogens with one attached hydrogen (secondary N) is 1. The summed E-state index contributed by atoms with van der Waals surface area (Å²) in [4.78, 5) is 26.0. The van der Waals surface area contributed by atoms with Crippen molar-refractivity contribution in [2.75, 3.05) is 0 Å². The van der Waals surface area contributed by atoms with Gasteiger partial charge in [0.25, 0.3) is 11.6 Å². The number of benzene rings is 1. The second kappa shape index (κ2) is 6.19. The van der Waals surface area contributed by atoms with Crippen LogP contribution in [0.4, 0.5) is 5.69 Å². The minimum atomic E-state index is -0.649. The summed E-state index contributed by atoms with van der Waals surface area (Å²) in [6.07, 6.45) is 2.94. The van der Waals surface area contributed by atoms with Crippen LogP contribution in [0.1, 0.15) is 16.1 Å². The molecule has 1 heterocycles. The third-order valence-electron chi connectivity index (χ3n) is 2.40. The lowest BCUT2D eigenvalue weighted by atomic mass is 10.2. The first-order chi connectivity index (χ1) is 9.68. The number of aromatic nitrogens is 1. The highest BCUT2D eigenvalue weighted by Gasteiger charge is 2.18. The lowest BCUT2D eigenvalue weighted by Gasteiger charge is -2.00. The van der Waals surface area contributed by atoms with E-state index in [9.17, 15) is 14.9 Å². The zero-order chi connectivity index (χ0) is 14.4. The normalized spacial score (nSPS) is 10.4. The number of rotatable bonds is 4. The van der Waals surface area contributed by atoms with Crippen molar-refractivity contribution < 1.29 is 9.72 Å². The van der Waals surface area contributed by atoms with Crippen LogP contribution >= 0.6 is 0 Å². The Kier molecular flexibility index (Phi) is 4.13. The van der Waals surface area contributed by atoms with Crippen molar-refractivity contribution in [3.8, 4) is 0 Å². The van der Waals surface area contributed by atoms with Crippen molar-refractivity contribution in [1.29, 1.82) is 0 Å². The van der Waals surface area contributed by atoms with Crippen molar-refractivity contribution in [2.45, 2.75) is 0 Å². The predicted molar refractivity (Wildman–Crippen MR) is 72.4 cm³/mol. The van der Waals surface area contributed by atoms with E-state index in [1.165, 1.54) is 24.4 Å². The Bertz CT molecular complexity index is 656. The largest absolute Gasteiger partial charge is 0.282 e. The van der Waals surface area contributed by atoms with Gasteiger partial charge in [0.2, 0.25) is 0 Å². The van der Waals surface area contributed by atoms with Crippen LogP contribution in [-0.2, 0) is 0 Å². The van der Waals surface area contributed by atoms with Gasteiger partial charge in [-0.3, -0.25) is 19.9 Å². The number of para-hydroxylation sites is 1. The van der Waals surface area contributed by atoms with Crippen LogP contribution in [0.25, 0.3) is 0 Å². The zero-order valence-corrected chi connectivity index (χ0v) is 10.3. The first-order valence-electron chi connectivity index (χ1n) is 5.66. The van der Waals surface area contributed by atoms with E-state index in [0.717, 1.165) is 0 Å². The van der Waals surface area contributed by atoms with E-state index in [2.05, 4.69) is 15.5 Å². The fourth-order valence-corrected chi connectivity index (χ4v) is 1.49. The van der Waals surface area contributed by atoms with Crippen molar-refractivity contribution in [3.05, 3.63) is 70.0 Å². The van der Waals surface area contributed by atoms with Gasteiger partial charge in [0.1, 0.15) is 5.56 Å². The number of amides is 1. The van der Waals surface area contributed by atoms with E-state index in [0.29, 0.717) is 5.69 Å². The van der Waals surface area contributed by atoms with E-state index in [1.54, 1.807) is 30.5 Å². The van der Waals surface area contributed by atoms with Crippen molar-refractivity contribution in [3.63, 3.8) is 0 Å². The van der Waals surface area contributed by atoms with Crippen LogP contribution in [-0.4, -0.2) is 22.0 Å². The van der Waals surface area contributed by atoms with E-state index < -0.39 is 10.8 Å². The first kappa shape index (κ1) is 13.3. The molecule has 0 bridgehead atoms. The number of nitro benzene ring substituents is 1. The molecule has 0 spiro atoms. The maximum Gasteiger partial charge on any atom is 0.282 e. The molecule has 0 aliphatic rings. The molecule has 2 rings (SSSR count). The minimum Gasteiger partial charge on any atom is -0.267 e. The number of carbonyl (C=O) groups is 1. The predicted octanol–water partition coefficient (Wildman–Crippen LogP) is 1.75. The molecule has 0 atom stereocenters. The number of hydrogen-bond donors (Lipinski definition) is 1. The highest BCUT2D eigenvalue weighted by Crippen LogP contribution is 2.17. The molecule has 0 aliphatic carbocycles. The van der Waals surface area contributed by atoms with Crippen LogP contribution in [0, 0.1) is 10.1 Å². The Hall–Kier alpha value is -3.09. The van der Waals surface area contributed by atoms with Gasteiger partial charge >= 0.3 is 0 Å². The third kappa shape index (κ3) is 3.22. The molecule has 0 aliphatic heterocycles. The van der Waals surface area contributed by atoms with Crippen molar-refractivity contribution in [1.82, 2.24) is 10.4 Å². The van der Waals surface area contributed by atoms with Gasteiger partial charge in [-0.15, -0.1) is 0 Å². The minimum absolute atomic E-state index is 0.0457. The van der Waals surface area contributed by atoms with Gasteiger partial charge in [0.15, 0.2) is 0 Å². The molecule has 1 aromatic carbocycles. The van der Waals surface area contributed by atoms with Gasteiger partial charge in [-0.25, -0.2) is 5.43 Å². The molecule has 0 radical (unpaired) electrons. The molecule has 0 fully saturated rings. The summed E-state index contributed by atoms with van der Waals surface area (Å²) >= 11 is 0. The molecule has 1 aromatic heterocycles. The quantitative estimate of drug-likeness (QED) is 0.520. The summed E-state index contributed by atoms with van der Waals surface area (Å²) in [5.41, 5.74) is 2.48. The van der Waals surface area contributed by atoms with E-state index in [1.807, 2.05) is 0 Å². The molecule has 0 saturated carbocycles. The number of nitro groups is 1. The van der Waals surface area contributed by atoms with Gasteiger partial charge in [-0.05, 0) is 18.2 Å². The first-order valence-corrected chi connectivity index (χ1v) is 5.66. The highest BCUT2D eigenvalue weighted by molar-refractivity contribution is 5.98. The summed E-state index contributed by atoms with van der Waals surface area (Å²) in [6, 6.07) is 10.9. The van der Waals surface area contributed by atoms with Gasteiger partial charge in [0.05, 0.1) is 16.8 Å². The summed E-state index contributed by atoms with van der Waals surface area (Å²) in [5.74, 6) is -0.649. The monoisotopic (exact) mass is 270 g/mol. The Morgan fingerprint density at radius 1 is 1.25 bits per heavy atom. The number of carbonyl (C=O) groups excluding carboxylic acids is 1. The number of pyridine rings is 1. The maximum atomic E-state index is 11.8. The van der Waals surface area contributed by atoms with Gasteiger partial charge in [-0.1, -0.05) is 18.2 Å². The molecule has 20 heavy (non-hydrogen) atoms. The lowest BCUT2D eigenvalue weighted by molar-refractivity contribution is -0.385. The van der Waals surface area contributed by atoms with Crippen molar-refractivity contribution in [2.24, 2.45) is 5.10 Å². The number of nitrogens with zero attached hydrogens (tertiary/aromatic N) is 3. The van der Waals surface area contributed by atoms with Crippen LogP contribution in [0.15, 0.2) is 53.8 Å². The topological polar surface area (TPSA) is 97.5 Å². The van der Waals surface area contributed by atoms with Gasteiger partial charge in [-0.2, -0.15) is 5.10 Å². The molecule has 100 valence electrons. The average Bonchev–Trinajstić information content (AvgIpc) is 2.48. The Morgan fingerprint density at radius 2 is 2.00 bits per heavy atom. The number of hydrazone groups is 1. The van der Waals surface area contributed by atoms with Crippen LogP contribution in [0.5, 0.6) is 0 Å². The number of hydrogen-bond acceptors (Lipinski definition) is 5. The molecule has 7 heteroatoms. The Labute approximate surface area is 114 Å². The molecule has 7 nitrogen and oxygen atoms in total. The van der Waals surface area contributed by atoms with Crippen molar-refractivity contribution >= 4 is 17.8 Å². The second-order valence-electron chi connectivity index (χ2n) is 3.73. The summed E-state index contributed by atoms with van der Waals surface area (Å²) < 4.78 is 0. The van der Waals surface area contributed by atoms with Gasteiger partial charge in [0, 0.05) is 12.3 Å². The molecule has 1 N–H and O–H groups in total. The maximum absolute atomic E-state index is 11.8. The standard InChI is InChI=1S/C13H10N4O3/c18-13(11-6-1-2-7-12(11)17(19)20)16-15-9-10-5-3-4-8-14-10/h1-9H,(H,16,18)/b15-9-. The molecule has 1 amide bonds. The van der Waals surface area contributed by atoms with Crippen LogP contribution in [0.2, 0.25) is 0 Å². The average molecular weight is 270 g/mol. The summed E-state index contributed by atoms with van der Waals surface area (Å²) in [5, 5.41) is 14.5. The third-order valence-corrected chi connectivity index (χ3v) is 2.40. The molecule has 0 unspecified atom stereocenters. The van der Waals surface area contributed by atoms with Crippen LogP contribution in [0.3, 0.4) is 0 Å². The highest BCUT2D eigenvalue weighted by atomic mass is 16.6. The smallest absolute Gasteiger partial charge is 0.267 e. The van der Waals surface area contributed by atoms with E-state index >= 15 is 0 Å². The Balaban J connectivity index is 2.10. The molecular weight excluding hydrogens is 260 g/mol. The van der Waals surface area contributed by atoms with E-state index in [4.69, 9.17) is 0 Å². The SMILES string of the molecule is O=C(N/N=C\c1ccccn1)c1ccccc1[N+](=O)[O-]. The fraction of sp³-hybridized carbons (Fsp3) is 0. The Morgan fingerprint density at radius 3 is 2.70 bits per heavy atom. The molecule has 2 aromatic rings. The van der Waals surface area contributed by atoms with Crippen LogP contribution < -0.4 is 5.43 Å². The van der Waals surface area contributed by atoms with E-state index in [-0.39, 0.29) is 11.3 Å². The lowest BCUT2D eigenvalue weighted by Crippen LogP contribution is -2.19. The second-order valence-corrected chi connectivity index (χ2v) is 3.73. The summed E-state index contributed by atoms with van der Waals surface area (Å²) in [7, 11) is 0. The van der Waals surface area contributed by atoms with Gasteiger partial charge < -0.3 is 0 Å². The molecule has 0 saturated heterocycles. The summed E-state index contributed by atoms with van der Waals surface area (Å²) in [6.45, 7) is 0. The molecular formula is C13H10N4O3.